The number of benzene rings is 3. The second-order valence-corrected chi connectivity index (χ2v) is 10.2. The Bertz CT molecular complexity index is 1380. The third-order valence-electron chi connectivity index (χ3n) is 5.75. The van der Waals surface area contributed by atoms with E-state index in [2.05, 4.69) is 0 Å². The van der Waals surface area contributed by atoms with Crippen molar-refractivity contribution in [2.24, 2.45) is 0 Å². The van der Waals surface area contributed by atoms with E-state index in [1.807, 2.05) is 0 Å². The average Bonchev–Trinajstić information content (AvgIpc) is 2.83. The number of carboxylic acids is 1. The number of carboxylic acid groups (broad SMARTS) is 1. The molecule has 10 heteroatoms. The van der Waals surface area contributed by atoms with Crippen LogP contribution in [-0.2, 0) is 14.8 Å². The molecule has 2 atom stereocenters. The summed E-state index contributed by atoms with van der Waals surface area (Å²) in [6.07, 6.45) is -2.42. The van der Waals surface area contributed by atoms with Crippen LogP contribution in [0.1, 0.15) is 18.4 Å². The molecule has 0 fully saturated rings. The molecule has 35 heavy (non-hydrogen) atoms. The van der Waals surface area contributed by atoms with Crippen molar-refractivity contribution in [3.63, 3.8) is 0 Å². The summed E-state index contributed by atoms with van der Waals surface area (Å²) in [6.45, 7) is 1.60. The molecule has 0 amide bonds. The number of aryl methyl sites for hydroxylation is 1. The van der Waals surface area contributed by atoms with Crippen LogP contribution >= 0.6 is 0 Å². The van der Waals surface area contributed by atoms with Gasteiger partial charge in [0.25, 0.3) is 10.0 Å². The molecule has 1 aliphatic rings. The highest BCUT2D eigenvalue weighted by Gasteiger charge is 2.35. The van der Waals surface area contributed by atoms with E-state index in [1.54, 1.807) is 19.1 Å². The molecule has 0 saturated carbocycles. The maximum atomic E-state index is 14.4. The molecule has 7 nitrogen and oxygen atoms in total. The average molecular weight is 504 g/mol. The number of aliphatic hydroxyl groups is 1. The highest BCUT2D eigenvalue weighted by molar-refractivity contribution is 7.92. The molecule has 1 aliphatic heterocycles. The van der Waals surface area contributed by atoms with Gasteiger partial charge in [-0.15, -0.1) is 0 Å². The van der Waals surface area contributed by atoms with E-state index in [0.717, 1.165) is 28.1 Å². The third kappa shape index (κ3) is 5.13. The molecule has 0 saturated heterocycles. The summed E-state index contributed by atoms with van der Waals surface area (Å²) in [5.74, 6) is -2.51. The summed E-state index contributed by atoms with van der Waals surface area (Å²) in [5.41, 5.74) is 1.10. The van der Waals surface area contributed by atoms with Crippen LogP contribution in [0.15, 0.2) is 65.6 Å². The van der Waals surface area contributed by atoms with Crippen LogP contribution in [-0.4, -0.2) is 43.4 Å². The lowest BCUT2D eigenvalue weighted by molar-refractivity contribution is -0.147. The van der Waals surface area contributed by atoms with E-state index in [4.69, 9.17) is 9.84 Å². The number of anilines is 1. The van der Waals surface area contributed by atoms with Crippen LogP contribution in [0.3, 0.4) is 0 Å². The lowest BCUT2D eigenvalue weighted by Crippen LogP contribution is -2.44. The van der Waals surface area contributed by atoms with Crippen molar-refractivity contribution >= 4 is 21.7 Å². The van der Waals surface area contributed by atoms with Crippen molar-refractivity contribution < 1.29 is 36.9 Å². The number of hydrogen-bond donors (Lipinski definition) is 2. The van der Waals surface area contributed by atoms with Gasteiger partial charge < -0.3 is 14.9 Å². The zero-order valence-corrected chi connectivity index (χ0v) is 19.5. The van der Waals surface area contributed by atoms with Crippen molar-refractivity contribution in [2.75, 3.05) is 10.8 Å². The summed E-state index contributed by atoms with van der Waals surface area (Å²) in [4.78, 5) is 11.0. The van der Waals surface area contributed by atoms with Crippen molar-refractivity contribution in [1.82, 2.24) is 0 Å². The molecule has 1 heterocycles. The number of sulfonamides is 1. The molecule has 4 rings (SSSR count). The van der Waals surface area contributed by atoms with Crippen LogP contribution in [0.25, 0.3) is 11.1 Å². The number of nitrogens with zero attached hydrogens (tertiary/aromatic N) is 1. The summed E-state index contributed by atoms with van der Waals surface area (Å²) in [7, 11) is -4.10. The number of carbonyl (C=O) groups is 1. The summed E-state index contributed by atoms with van der Waals surface area (Å²) < 4.78 is 62.6. The topological polar surface area (TPSA) is 104 Å². The lowest BCUT2D eigenvalue weighted by atomic mass is 10.0. The van der Waals surface area contributed by atoms with Crippen molar-refractivity contribution in [2.45, 2.75) is 36.9 Å². The van der Waals surface area contributed by atoms with Gasteiger partial charge in [0, 0.05) is 5.56 Å². The van der Waals surface area contributed by atoms with Gasteiger partial charge >= 0.3 is 5.97 Å². The number of aliphatic hydroxyl groups excluding tert-OH is 1. The molecule has 0 aliphatic carbocycles. The first-order chi connectivity index (χ1) is 16.6. The Labute approximate surface area is 201 Å². The fraction of sp³-hybridized carbons (Fsp3) is 0.240. The smallest absolute Gasteiger partial charge is 0.332 e. The van der Waals surface area contributed by atoms with Crippen LogP contribution in [0.4, 0.5) is 14.5 Å². The lowest BCUT2D eigenvalue weighted by Gasteiger charge is -2.36. The van der Waals surface area contributed by atoms with Crippen molar-refractivity contribution in [1.29, 1.82) is 0 Å². The largest absolute Gasteiger partial charge is 0.486 e. The van der Waals surface area contributed by atoms with Gasteiger partial charge in [0.2, 0.25) is 0 Å². The zero-order chi connectivity index (χ0) is 25.3. The standard InChI is InChI=1S/C25H23F2NO6S/c1-15-3-2-4-19(11-15)35(32,33)28-14-18(7-9-23(29)25(30)31)34-24-10-5-16(12-22(24)28)20-13-17(26)6-8-21(20)27/h2-6,8,10-13,18,23,29H,7,9,14H2,1H3,(H,30,31)/t18-,23-/m0/s1. The molecule has 3 aromatic rings. The Morgan fingerprint density at radius 2 is 1.91 bits per heavy atom. The second-order valence-electron chi connectivity index (χ2n) is 8.33. The molecule has 0 radical (unpaired) electrons. The summed E-state index contributed by atoms with van der Waals surface area (Å²) in [5, 5.41) is 18.6. The van der Waals surface area contributed by atoms with Crippen LogP contribution in [0, 0.1) is 18.6 Å². The molecular weight excluding hydrogens is 480 g/mol. The first kappa shape index (κ1) is 24.6. The molecule has 0 bridgehead atoms. The van der Waals surface area contributed by atoms with Gasteiger partial charge in [-0.1, -0.05) is 18.2 Å². The monoisotopic (exact) mass is 503 g/mol. The predicted molar refractivity (Wildman–Crippen MR) is 125 cm³/mol. The molecule has 3 aromatic carbocycles. The molecule has 0 spiro atoms. The molecule has 0 unspecified atom stereocenters. The Balaban J connectivity index is 1.78. The Morgan fingerprint density at radius 1 is 1.14 bits per heavy atom. The fourth-order valence-corrected chi connectivity index (χ4v) is 5.55. The van der Waals surface area contributed by atoms with Gasteiger partial charge in [-0.2, -0.15) is 0 Å². The quantitative estimate of drug-likeness (QED) is 0.503. The first-order valence-electron chi connectivity index (χ1n) is 10.8. The highest BCUT2D eigenvalue weighted by atomic mass is 32.2. The minimum atomic E-state index is -4.10. The predicted octanol–water partition coefficient (Wildman–Crippen LogP) is 4.12. The van der Waals surface area contributed by atoms with Gasteiger partial charge in [-0.05, 0) is 73.4 Å². The fourth-order valence-electron chi connectivity index (χ4n) is 3.95. The second kappa shape index (κ2) is 9.63. The van der Waals surface area contributed by atoms with E-state index in [0.29, 0.717) is 0 Å². The van der Waals surface area contributed by atoms with Gasteiger partial charge in [-0.25, -0.2) is 22.0 Å². The van der Waals surface area contributed by atoms with Crippen molar-refractivity contribution in [3.05, 3.63) is 77.9 Å². The summed E-state index contributed by atoms with van der Waals surface area (Å²) in [6, 6.07) is 13.7. The van der Waals surface area contributed by atoms with E-state index in [1.165, 1.54) is 30.3 Å². The molecular formula is C25H23F2NO6S. The van der Waals surface area contributed by atoms with Gasteiger partial charge in [0.15, 0.2) is 6.10 Å². The van der Waals surface area contributed by atoms with E-state index in [9.17, 15) is 27.1 Å². The Morgan fingerprint density at radius 3 is 2.63 bits per heavy atom. The van der Waals surface area contributed by atoms with Crippen LogP contribution < -0.4 is 9.04 Å². The molecule has 2 N–H and O–H groups in total. The van der Waals surface area contributed by atoms with E-state index in [-0.39, 0.29) is 46.8 Å². The SMILES string of the molecule is Cc1cccc(S(=O)(=O)N2C[C@H](CC[C@H](O)C(=O)O)Oc3ccc(-c4cc(F)ccc4F)cc32)c1. The van der Waals surface area contributed by atoms with Crippen molar-refractivity contribution in [3.8, 4) is 16.9 Å². The van der Waals surface area contributed by atoms with Gasteiger partial charge in [0.1, 0.15) is 23.5 Å². The highest BCUT2D eigenvalue weighted by Crippen LogP contribution is 2.41. The minimum absolute atomic E-state index is 0.0348. The minimum Gasteiger partial charge on any atom is -0.486 e. The molecule has 0 aromatic heterocycles. The van der Waals surface area contributed by atoms with Crippen LogP contribution in [0.5, 0.6) is 5.75 Å². The number of rotatable bonds is 7. The number of aliphatic carboxylic acids is 1. The van der Waals surface area contributed by atoms with Gasteiger partial charge in [-0.3, -0.25) is 4.31 Å². The third-order valence-corrected chi connectivity index (χ3v) is 7.53. The Hall–Kier alpha value is -3.50. The Kier molecular flexibility index (Phi) is 6.77. The maximum absolute atomic E-state index is 14.4. The van der Waals surface area contributed by atoms with Crippen LogP contribution in [0.2, 0.25) is 0 Å². The first-order valence-corrected chi connectivity index (χ1v) is 12.3. The maximum Gasteiger partial charge on any atom is 0.332 e. The zero-order valence-electron chi connectivity index (χ0n) is 18.7. The number of halogens is 2. The normalized spacial score (nSPS) is 16.3. The van der Waals surface area contributed by atoms with E-state index >= 15 is 0 Å². The molecule has 184 valence electrons. The number of ether oxygens (including phenoxy) is 1. The number of fused-ring (bicyclic) bond motifs is 1. The van der Waals surface area contributed by atoms with E-state index < -0.39 is 39.8 Å². The summed E-state index contributed by atoms with van der Waals surface area (Å²) >= 11 is 0. The number of hydrogen-bond acceptors (Lipinski definition) is 5. The van der Waals surface area contributed by atoms with Gasteiger partial charge in [0.05, 0.1) is 17.1 Å².